The van der Waals surface area contributed by atoms with Gasteiger partial charge in [0.1, 0.15) is 11.6 Å². The van der Waals surface area contributed by atoms with Gasteiger partial charge < -0.3 is 4.90 Å². The number of carbonyl (C=O) groups excluding carboxylic acids is 1. The van der Waals surface area contributed by atoms with E-state index in [4.69, 9.17) is 0 Å². The summed E-state index contributed by atoms with van der Waals surface area (Å²) in [5.74, 6) is 0.608. The summed E-state index contributed by atoms with van der Waals surface area (Å²) >= 11 is 0. The van der Waals surface area contributed by atoms with E-state index in [0.717, 1.165) is 60.0 Å². The molecule has 158 valence electrons. The minimum absolute atomic E-state index is 0.0646. The molecule has 0 unspecified atom stereocenters. The first-order valence-electron chi connectivity index (χ1n) is 10.6. The Morgan fingerprint density at radius 2 is 1.38 bits per heavy atom. The number of sulfonamides is 1. The lowest BCUT2D eigenvalue weighted by atomic mass is 9.51. The summed E-state index contributed by atoms with van der Waals surface area (Å²) in [6.45, 7) is 0.679. The van der Waals surface area contributed by atoms with Gasteiger partial charge in [0.15, 0.2) is 4.90 Å². The van der Waals surface area contributed by atoms with Crippen molar-refractivity contribution in [1.82, 2.24) is 9.21 Å². The molecule has 4 bridgehead atoms. The van der Waals surface area contributed by atoms with E-state index in [9.17, 15) is 22.0 Å². The second-order valence-corrected chi connectivity index (χ2v) is 11.1. The molecule has 5 nitrogen and oxygen atoms in total. The fourth-order valence-corrected chi connectivity index (χ4v) is 8.08. The SMILES string of the molecule is O=C(C1C2CC3CC(C2)CC1C3)N1CCN(S(=O)(=O)c2c(F)cccc2F)CC1. The fraction of sp³-hybridized carbons (Fsp3) is 0.667. The Hall–Kier alpha value is -1.54. The van der Waals surface area contributed by atoms with Crippen LogP contribution in [-0.4, -0.2) is 49.7 Å². The number of amides is 1. The van der Waals surface area contributed by atoms with Crippen LogP contribution in [0.15, 0.2) is 23.1 Å². The van der Waals surface area contributed by atoms with Gasteiger partial charge in [-0.3, -0.25) is 4.79 Å². The second kappa shape index (κ2) is 7.01. The van der Waals surface area contributed by atoms with Crippen LogP contribution in [0.25, 0.3) is 0 Å². The van der Waals surface area contributed by atoms with Gasteiger partial charge in [-0.1, -0.05) is 6.07 Å². The normalized spacial score (nSPS) is 34.6. The van der Waals surface area contributed by atoms with Crippen LogP contribution in [0.1, 0.15) is 32.1 Å². The standard InChI is InChI=1S/C21H26F2N2O3S/c22-17-2-1-3-18(23)20(17)29(27,28)25-6-4-24(5-7-25)21(26)19-15-9-13-8-14(11-15)12-16(19)10-13/h1-3,13-16,19H,4-12H2. The van der Waals surface area contributed by atoms with E-state index in [1.54, 1.807) is 4.90 Å². The topological polar surface area (TPSA) is 57.7 Å². The zero-order valence-corrected chi connectivity index (χ0v) is 17.1. The van der Waals surface area contributed by atoms with Crippen molar-refractivity contribution in [2.24, 2.45) is 29.6 Å². The molecule has 1 amide bonds. The van der Waals surface area contributed by atoms with Gasteiger partial charge in [0.25, 0.3) is 0 Å². The predicted octanol–water partition coefficient (Wildman–Crippen LogP) is 2.87. The Kier molecular flexibility index (Phi) is 4.70. The highest BCUT2D eigenvalue weighted by molar-refractivity contribution is 7.89. The molecule has 0 spiro atoms. The first kappa shape index (κ1) is 19.4. The maximum absolute atomic E-state index is 14.0. The Bertz CT molecular complexity index is 880. The van der Waals surface area contributed by atoms with Crippen molar-refractivity contribution in [3.8, 4) is 0 Å². The Labute approximate surface area is 170 Å². The summed E-state index contributed by atoms with van der Waals surface area (Å²) in [4.78, 5) is 14.1. The molecular weight excluding hydrogens is 398 g/mol. The van der Waals surface area contributed by atoms with Gasteiger partial charge in [-0.2, -0.15) is 4.31 Å². The molecule has 4 aliphatic carbocycles. The highest BCUT2D eigenvalue weighted by atomic mass is 32.2. The summed E-state index contributed by atoms with van der Waals surface area (Å²) < 4.78 is 54.6. The average Bonchev–Trinajstić information content (AvgIpc) is 2.67. The maximum atomic E-state index is 14.0. The van der Waals surface area contributed by atoms with Crippen molar-refractivity contribution in [2.45, 2.75) is 37.0 Å². The number of rotatable bonds is 3. The number of halogens is 2. The molecule has 1 aromatic rings. The van der Waals surface area contributed by atoms with E-state index in [0.29, 0.717) is 11.8 Å². The average molecular weight is 425 g/mol. The van der Waals surface area contributed by atoms with Crippen LogP contribution in [0, 0.1) is 41.2 Å². The molecule has 6 rings (SSSR count). The molecule has 1 aliphatic heterocycles. The van der Waals surface area contributed by atoms with Crippen molar-refractivity contribution >= 4 is 15.9 Å². The third kappa shape index (κ3) is 3.19. The van der Waals surface area contributed by atoms with Gasteiger partial charge in [-0.25, -0.2) is 17.2 Å². The Balaban J connectivity index is 1.28. The number of hydrogen-bond donors (Lipinski definition) is 0. The highest BCUT2D eigenvalue weighted by Crippen LogP contribution is 2.56. The van der Waals surface area contributed by atoms with Gasteiger partial charge in [-0.05, 0) is 67.9 Å². The lowest BCUT2D eigenvalue weighted by molar-refractivity contribution is -0.150. The monoisotopic (exact) mass is 424 g/mol. The molecular formula is C21H26F2N2O3S. The van der Waals surface area contributed by atoms with Crippen LogP contribution in [-0.2, 0) is 14.8 Å². The third-order valence-corrected chi connectivity index (χ3v) is 9.53. The molecule has 0 aromatic heterocycles. The van der Waals surface area contributed by atoms with Crippen molar-refractivity contribution in [1.29, 1.82) is 0 Å². The zero-order chi connectivity index (χ0) is 20.3. The van der Waals surface area contributed by atoms with Gasteiger partial charge in [0, 0.05) is 32.1 Å². The van der Waals surface area contributed by atoms with Crippen molar-refractivity contribution in [3.05, 3.63) is 29.8 Å². The summed E-state index contributed by atoms with van der Waals surface area (Å²) in [6, 6.07) is 3.04. The molecule has 5 fully saturated rings. The highest BCUT2D eigenvalue weighted by Gasteiger charge is 2.51. The first-order valence-corrected chi connectivity index (χ1v) is 12.0. The van der Waals surface area contributed by atoms with Gasteiger partial charge >= 0.3 is 0 Å². The van der Waals surface area contributed by atoms with Crippen molar-refractivity contribution < 1.29 is 22.0 Å². The zero-order valence-electron chi connectivity index (χ0n) is 16.3. The summed E-state index contributed by atoms with van der Waals surface area (Å²) in [5, 5.41) is 0. The van der Waals surface area contributed by atoms with E-state index in [1.807, 2.05) is 0 Å². The lowest BCUT2D eigenvalue weighted by Crippen LogP contribution is -2.56. The van der Waals surface area contributed by atoms with Crippen molar-refractivity contribution in [3.63, 3.8) is 0 Å². The molecule has 8 heteroatoms. The molecule has 5 aliphatic rings. The minimum atomic E-state index is -4.27. The number of nitrogens with zero attached hydrogens (tertiary/aromatic N) is 2. The Morgan fingerprint density at radius 1 is 0.862 bits per heavy atom. The number of hydrogen-bond acceptors (Lipinski definition) is 3. The van der Waals surface area contributed by atoms with Crippen LogP contribution in [0.4, 0.5) is 8.78 Å². The van der Waals surface area contributed by atoms with E-state index >= 15 is 0 Å². The number of carbonyl (C=O) groups is 1. The van der Waals surface area contributed by atoms with Gasteiger partial charge in [-0.15, -0.1) is 0 Å². The fourth-order valence-electron chi connectivity index (χ4n) is 6.55. The lowest BCUT2D eigenvalue weighted by Gasteiger charge is -2.54. The molecule has 0 radical (unpaired) electrons. The van der Waals surface area contributed by atoms with Crippen molar-refractivity contribution in [2.75, 3.05) is 26.2 Å². The van der Waals surface area contributed by atoms with Crippen LogP contribution in [0.5, 0.6) is 0 Å². The van der Waals surface area contributed by atoms with E-state index in [2.05, 4.69) is 0 Å². The van der Waals surface area contributed by atoms with Crippen LogP contribution in [0.2, 0.25) is 0 Å². The van der Waals surface area contributed by atoms with Gasteiger partial charge in [0.2, 0.25) is 15.9 Å². The smallest absolute Gasteiger partial charge is 0.249 e. The van der Waals surface area contributed by atoms with Crippen LogP contribution >= 0.6 is 0 Å². The van der Waals surface area contributed by atoms with Crippen LogP contribution in [0.3, 0.4) is 0 Å². The Morgan fingerprint density at radius 3 is 1.90 bits per heavy atom. The molecule has 1 aromatic carbocycles. The second-order valence-electron chi connectivity index (χ2n) is 9.24. The van der Waals surface area contributed by atoms with E-state index in [-0.39, 0.29) is 38.0 Å². The quantitative estimate of drug-likeness (QED) is 0.750. The molecule has 0 N–H and O–H groups in total. The summed E-state index contributed by atoms with van der Waals surface area (Å²) in [6.07, 6.45) is 5.96. The van der Waals surface area contributed by atoms with E-state index < -0.39 is 26.6 Å². The number of benzene rings is 1. The van der Waals surface area contributed by atoms with Gasteiger partial charge in [0.05, 0.1) is 0 Å². The maximum Gasteiger partial charge on any atom is 0.249 e. The molecule has 1 saturated heterocycles. The largest absolute Gasteiger partial charge is 0.340 e. The van der Waals surface area contributed by atoms with E-state index in [1.165, 1.54) is 6.42 Å². The summed E-state index contributed by atoms with van der Waals surface area (Å²) in [5.41, 5.74) is 0. The number of piperazine rings is 1. The predicted molar refractivity (Wildman–Crippen MR) is 102 cm³/mol. The molecule has 1 heterocycles. The van der Waals surface area contributed by atoms with Crippen LogP contribution < -0.4 is 0 Å². The first-order chi connectivity index (χ1) is 13.8. The third-order valence-electron chi connectivity index (χ3n) is 7.58. The molecule has 29 heavy (non-hydrogen) atoms. The minimum Gasteiger partial charge on any atom is -0.340 e. The summed E-state index contributed by atoms with van der Waals surface area (Å²) in [7, 11) is -4.27. The molecule has 4 saturated carbocycles. The molecule has 0 atom stereocenters.